The number of ether oxygens (including phenoxy) is 2. The number of carbonyl (C=O) groups excluding carboxylic acids is 1. The Morgan fingerprint density at radius 3 is 2.73 bits per heavy atom. The monoisotopic (exact) mass is 644 g/mol. The zero-order valence-electron chi connectivity index (χ0n) is 28.9. The lowest BCUT2D eigenvalue weighted by Crippen LogP contribution is -2.58. The summed E-state index contributed by atoms with van der Waals surface area (Å²) in [4.78, 5) is 19.1. The number of rotatable bonds is 5. The van der Waals surface area contributed by atoms with Gasteiger partial charge in [-0.05, 0) is 86.6 Å². The molecule has 7 heterocycles. The number of hydrogen-bond acceptors (Lipinski definition) is 6. The molecule has 6 atom stereocenters. The van der Waals surface area contributed by atoms with Gasteiger partial charge in [-0.25, -0.2) is 4.79 Å². The third-order valence-corrected chi connectivity index (χ3v) is 14.4. The van der Waals surface area contributed by atoms with E-state index < -0.39 is 0 Å². The summed E-state index contributed by atoms with van der Waals surface area (Å²) >= 11 is 0. The SMILES string of the molecule is CC[C@]12C=CCN3CC[C@]4(C(=C(C(=O)OC)C1)Nc1cc(OC)c([C@H]5C[C@]6(CC)CCCN7CCc8c(n5c5ccccc85)[C@@H]76)cc14)[C@@H]32. The molecule has 0 saturated carbocycles. The highest BCUT2D eigenvalue weighted by Gasteiger charge is 2.66. The Bertz CT molecular complexity index is 1960. The highest BCUT2D eigenvalue weighted by molar-refractivity contribution is 5.93. The molecular weight excluding hydrogens is 596 g/mol. The summed E-state index contributed by atoms with van der Waals surface area (Å²) in [6.45, 7) is 9.10. The summed E-state index contributed by atoms with van der Waals surface area (Å²) in [5, 5.41) is 5.30. The number of fused-ring (bicyclic) bond motifs is 4. The second kappa shape index (κ2) is 10.0. The first-order chi connectivity index (χ1) is 23.4. The lowest BCUT2D eigenvalue weighted by molar-refractivity contribution is -0.137. The van der Waals surface area contributed by atoms with Gasteiger partial charge < -0.3 is 19.4 Å². The minimum Gasteiger partial charge on any atom is -0.496 e. The van der Waals surface area contributed by atoms with Crippen LogP contribution in [0.3, 0.4) is 0 Å². The largest absolute Gasteiger partial charge is 0.496 e. The summed E-state index contributed by atoms with van der Waals surface area (Å²) < 4.78 is 14.6. The molecule has 1 aliphatic carbocycles. The maximum absolute atomic E-state index is 13.6. The van der Waals surface area contributed by atoms with Crippen LogP contribution in [-0.2, 0) is 21.4 Å². The van der Waals surface area contributed by atoms with Crippen LogP contribution in [0.5, 0.6) is 5.75 Å². The van der Waals surface area contributed by atoms with Crippen molar-refractivity contribution in [2.45, 2.75) is 88.8 Å². The Morgan fingerprint density at radius 1 is 1.04 bits per heavy atom. The standard InChI is InChI=1S/C41H48N4O3/c1-5-39-14-9-17-43-19-13-26-25-11-7-8-12-31(25)45(34(26)36(39)43)32(24-39)27-21-29-30(22-33(27)47-3)42-35-28(37(46)48-4)23-40(6-2)15-10-18-44-20-16-41(29,35)38(40)44/h7-8,10-12,15,21-22,32,36,38,42H,5-6,9,13-14,16-20,23-24H2,1-4H3/t32-,36-,38+,39+,40+,41+/m1/s1. The molecule has 0 unspecified atom stereocenters. The molecule has 6 aliphatic heterocycles. The predicted molar refractivity (Wildman–Crippen MR) is 188 cm³/mol. The lowest BCUT2D eigenvalue weighted by Gasteiger charge is -2.57. The molecule has 48 heavy (non-hydrogen) atoms. The fourth-order valence-electron chi connectivity index (χ4n) is 12.5. The Kier molecular flexibility index (Phi) is 6.12. The van der Waals surface area contributed by atoms with Gasteiger partial charge in [0.1, 0.15) is 5.75 Å². The number of nitrogens with zero attached hydrogens (tertiary/aromatic N) is 3. The number of benzene rings is 2. The molecule has 7 aliphatic rings. The van der Waals surface area contributed by atoms with Gasteiger partial charge in [0.15, 0.2) is 0 Å². The van der Waals surface area contributed by atoms with Crippen molar-refractivity contribution < 1.29 is 14.3 Å². The summed E-state index contributed by atoms with van der Waals surface area (Å²) in [6, 6.07) is 14.9. The minimum atomic E-state index is -0.293. The molecule has 2 aromatic carbocycles. The van der Waals surface area contributed by atoms with Gasteiger partial charge >= 0.3 is 5.97 Å². The van der Waals surface area contributed by atoms with Gasteiger partial charge in [-0.2, -0.15) is 0 Å². The van der Waals surface area contributed by atoms with Gasteiger partial charge in [0.2, 0.25) is 0 Å². The molecule has 7 nitrogen and oxygen atoms in total. The quantitative estimate of drug-likeness (QED) is 0.233. The van der Waals surface area contributed by atoms with Crippen molar-refractivity contribution in [2.24, 2.45) is 10.8 Å². The van der Waals surface area contributed by atoms with Crippen molar-refractivity contribution in [2.75, 3.05) is 45.7 Å². The third-order valence-electron chi connectivity index (χ3n) is 14.4. The van der Waals surface area contributed by atoms with Gasteiger partial charge in [-0.15, -0.1) is 0 Å². The fraction of sp³-hybridized carbons (Fsp3) is 0.537. The molecule has 250 valence electrons. The Hall–Kier alpha value is -3.55. The molecular formula is C41H48N4O3. The van der Waals surface area contributed by atoms with E-state index in [9.17, 15) is 4.79 Å². The maximum atomic E-state index is 13.6. The van der Waals surface area contributed by atoms with Crippen molar-refractivity contribution in [1.29, 1.82) is 0 Å². The maximum Gasteiger partial charge on any atom is 0.335 e. The van der Waals surface area contributed by atoms with Crippen LogP contribution in [0, 0.1) is 10.8 Å². The van der Waals surface area contributed by atoms with Crippen LogP contribution in [0.1, 0.15) is 93.3 Å². The van der Waals surface area contributed by atoms with Gasteiger partial charge in [0.25, 0.3) is 0 Å². The van der Waals surface area contributed by atoms with E-state index in [2.05, 4.69) is 82.1 Å². The molecule has 10 rings (SSSR count). The summed E-state index contributed by atoms with van der Waals surface area (Å²) in [7, 11) is 3.37. The topological polar surface area (TPSA) is 59.0 Å². The molecule has 2 fully saturated rings. The molecule has 7 heteroatoms. The lowest BCUT2D eigenvalue weighted by atomic mass is 9.55. The summed E-state index contributed by atoms with van der Waals surface area (Å²) in [5.74, 6) is 0.748. The fourth-order valence-corrected chi connectivity index (χ4v) is 12.5. The number of nitrogens with one attached hydrogen (secondary N) is 1. The average molecular weight is 645 g/mol. The third kappa shape index (κ3) is 3.40. The summed E-state index contributed by atoms with van der Waals surface area (Å²) in [6.07, 6.45) is 13.4. The number of esters is 1. The highest BCUT2D eigenvalue weighted by atomic mass is 16.5. The van der Waals surface area contributed by atoms with Crippen molar-refractivity contribution in [1.82, 2.24) is 14.4 Å². The predicted octanol–water partition coefficient (Wildman–Crippen LogP) is 7.27. The van der Waals surface area contributed by atoms with Crippen LogP contribution >= 0.6 is 0 Å². The number of anilines is 1. The first-order valence-electron chi connectivity index (χ1n) is 18.5. The van der Waals surface area contributed by atoms with Crippen LogP contribution in [0.2, 0.25) is 0 Å². The smallest absolute Gasteiger partial charge is 0.335 e. The molecule has 1 N–H and O–H groups in total. The van der Waals surface area contributed by atoms with E-state index in [0.29, 0.717) is 18.5 Å². The molecule has 2 saturated heterocycles. The van der Waals surface area contributed by atoms with E-state index in [1.807, 2.05) is 7.11 Å². The van der Waals surface area contributed by atoms with Crippen LogP contribution in [0.15, 0.2) is 59.8 Å². The van der Waals surface area contributed by atoms with Gasteiger partial charge in [-0.1, -0.05) is 44.2 Å². The molecule has 1 spiro atoms. The number of para-hydroxylation sites is 1. The zero-order chi connectivity index (χ0) is 32.6. The van der Waals surface area contributed by atoms with Gasteiger partial charge in [-0.3, -0.25) is 9.80 Å². The minimum absolute atomic E-state index is 0.114. The van der Waals surface area contributed by atoms with Crippen LogP contribution in [0.4, 0.5) is 5.69 Å². The van der Waals surface area contributed by atoms with Crippen LogP contribution in [0.25, 0.3) is 10.9 Å². The van der Waals surface area contributed by atoms with E-state index in [1.54, 1.807) is 11.3 Å². The molecule has 0 bridgehead atoms. The normalized spacial score (nSPS) is 34.4. The second-order valence-corrected chi connectivity index (χ2v) is 15.9. The first-order valence-corrected chi connectivity index (χ1v) is 18.5. The van der Waals surface area contributed by atoms with Gasteiger partial charge in [0, 0.05) is 70.7 Å². The Labute approximate surface area is 283 Å². The second-order valence-electron chi connectivity index (χ2n) is 15.9. The number of hydrogen-bond donors (Lipinski definition) is 1. The Morgan fingerprint density at radius 2 is 1.92 bits per heavy atom. The molecule has 3 aromatic rings. The molecule has 0 radical (unpaired) electrons. The van der Waals surface area contributed by atoms with E-state index in [1.165, 1.54) is 54.9 Å². The number of piperidine rings is 1. The molecule has 0 amide bonds. The Balaban J connectivity index is 1.24. The molecule has 1 aromatic heterocycles. The van der Waals surface area contributed by atoms with E-state index >= 15 is 0 Å². The van der Waals surface area contributed by atoms with Crippen molar-refractivity contribution in [3.63, 3.8) is 0 Å². The van der Waals surface area contributed by atoms with E-state index in [0.717, 1.165) is 68.0 Å². The van der Waals surface area contributed by atoms with Crippen LogP contribution in [-0.4, -0.2) is 66.8 Å². The van der Waals surface area contributed by atoms with E-state index in [-0.39, 0.29) is 28.3 Å². The number of aromatic nitrogens is 1. The first kappa shape index (κ1) is 29.4. The van der Waals surface area contributed by atoms with Gasteiger partial charge in [0.05, 0.1) is 37.3 Å². The number of carbonyl (C=O) groups is 1. The van der Waals surface area contributed by atoms with Crippen molar-refractivity contribution in [3.05, 3.63) is 82.2 Å². The zero-order valence-corrected chi connectivity index (χ0v) is 28.9. The summed E-state index contributed by atoms with van der Waals surface area (Å²) in [5.41, 5.74) is 9.96. The van der Waals surface area contributed by atoms with Crippen molar-refractivity contribution >= 4 is 22.6 Å². The highest BCUT2D eigenvalue weighted by Crippen LogP contribution is 2.66. The van der Waals surface area contributed by atoms with E-state index in [4.69, 9.17) is 9.47 Å². The van der Waals surface area contributed by atoms with Crippen LogP contribution < -0.4 is 10.1 Å². The van der Waals surface area contributed by atoms with Crippen molar-refractivity contribution in [3.8, 4) is 5.75 Å². The average Bonchev–Trinajstić information content (AvgIpc) is 3.80. The number of methoxy groups -OCH3 is 2.